The van der Waals surface area contributed by atoms with Gasteiger partial charge in [-0.15, -0.1) is 0 Å². The lowest BCUT2D eigenvalue weighted by atomic mass is 10.3. The Morgan fingerprint density at radius 2 is 2.21 bits per heavy atom. The molecule has 0 fully saturated rings. The molecule has 0 atom stereocenters. The number of hydrogen-bond donors (Lipinski definition) is 1. The fourth-order valence-electron chi connectivity index (χ4n) is 1.33. The number of benzene rings is 1. The lowest BCUT2D eigenvalue weighted by Gasteiger charge is -1.97. The van der Waals surface area contributed by atoms with Crippen molar-refractivity contribution in [2.24, 2.45) is 0 Å². The Labute approximate surface area is 81.7 Å². The minimum Gasteiger partial charge on any atom is -0.478 e. The molecule has 1 aromatic heterocycles. The van der Waals surface area contributed by atoms with Gasteiger partial charge in [0, 0.05) is 23.4 Å². The molecule has 14 heavy (non-hydrogen) atoms. The Balaban J connectivity index is 2.14. The third kappa shape index (κ3) is 1.76. The maximum Gasteiger partial charge on any atom is 0.201 e. The maximum absolute atomic E-state index is 9.95. The van der Waals surface area contributed by atoms with Crippen LogP contribution in [-0.4, -0.2) is 17.9 Å². The van der Waals surface area contributed by atoms with Gasteiger partial charge in [0.05, 0.1) is 6.61 Å². The zero-order valence-electron chi connectivity index (χ0n) is 7.62. The summed E-state index contributed by atoms with van der Waals surface area (Å²) < 4.78 is 5.31. The highest BCUT2D eigenvalue weighted by Crippen LogP contribution is 2.19. The van der Waals surface area contributed by atoms with Crippen LogP contribution in [0.25, 0.3) is 10.9 Å². The fraction of sp³-hybridized carbons (Fsp3) is 0.182. The van der Waals surface area contributed by atoms with Crippen LogP contribution in [-0.2, 0) is 4.79 Å². The average Bonchev–Trinajstić information content (AvgIpc) is 2.60. The van der Waals surface area contributed by atoms with Gasteiger partial charge in [-0.3, -0.25) is 4.79 Å². The Kier molecular flexibility index (Phi) is 2.49. The summed E-state index contributed by atoms with van der Waals surface area (Å²) in [6, 6.07) is 9.83. The minimum absolute atomic E-state index is 0.301. The van der Waals surface area contributed by atoms with E-state index in [1.807, 2.05) is 30.3 Å². The van der Waals surface area contributed by atoms with Gasteiger partial charge in [-0.25, -0.2) is 0 Å². The second kappa shape index (κ2) is 3.96. The second-order valence-electron chi connectivity index (χ2n) is 2.96. The van der Waals surface area contributed by atoms with E-state index >= 15 is 0 Å². The second-order valence-corrected chi connectivity index (χ2v) is 2.96. The monoisotopic (exact) mass is 188 g/mol. The van der Waals surface area contributed by atoms with Crippen LogP contribution in [0, 0.1) is 0 Å². The molecule has 2 rings (SSSR count). The number of nitrogens with one attached hydrogen (secondary N) is 1. The van der Waals surface area contributed by atoms with Gasteiger partial charge in [-0.1, -0.05) is 18.2 Å². The number of carbonyl (C=O) groups excluding carboxylic acids is 1. The van der Waals surface area contributed by atoms with Gasteiger partial charge in [-0.05, 0) is 6.07 Å². The molecule has 1 heterocycles. The summed E-state index contributed by atoms with van der Waals surface area (Å²) in [6.07, 6.45) is 2.08. The first kappa shape index (κ1) is 8.81. The molecule has 0 saturated heterocycles. The third-order valence-corrected chi connectivity index (χ3v) is 1.97. The molecule has 0 spiro atoms. The van der Waals surface area contributed by atoms with Crippen LogP contribution in [0.5, 0.6) is 5.88 Å². The van der Waals surface area contributed by atoms with Crippen molar-refractivity contribution in [2.45, 2.75) is 6.42 Å². The predicted octanol–water partition coefficient (Wildman–Crippen LogP) is 2.05. The number of H-pyrrole nitrogens is 1. The number of para-hydroxylation sites is 1. The molecule has 1 radical (unpaired) electrons. The van der Waals surface area contributed by atoms with E-state index in [4.69, 9.17) is 4.74 Å². The summed E-state index contributed by atoms with van der Waals surface area (Å²) in [6.45, 7) is 0.371. The van der Waals surface area contributed by atoms with Gasteiger partial charge in [0.15, 0.2) is 5.88 Å². The quantitative estimate of drug-likeness (QED) is 0.746. The lowest BCUT2D eigenvalue weighted by Crippen LogP contribution is -1.97. The van der Waals surface area contributed by atoms with Crippen molar-refractivity contribution in [3.05, 3.63) is 30.3 Å². The highest BCUT2D eigenvalue weighted by atomic mass is 16.5. The molecule has 0 aliphatic rings. The van der Waals surface area contributed by atoms with Crippen LogP contribution >= 0.6 is 0 Å². The third-order valence-electron chi connectivity index (χ3n) is 1.97. The van der Waals surface area contributed by atoms with Crippen LogP contribution in [0.1, 0.15) is 6.42 Å². The van der Waals surface area contributed by atoms with Gasteiger partial charge in [0.1, 0.15) is 0 Å². The Morgan fingerprint density at radius 3 is 3.00 bits per heavy atom. The topological polar surface area (TPSA) is 42.1 Å². The minimum atomic E-state index is 0.301. The molecule has 0 bridgehead atoms. The molecule has 0 saturated carbocycles. The Hall–Kier alpha value is -1.77. The fourth-order valence-corrected chi connectivity index (χ4v) is 1.33. The highest BCUT2D eigenvalue weighted by Gasteiger charge is 1.99. The first-order valence-electron chi connectivity index (χ1n) is 4.46. The lowest BCUT2D eigenvalue weighted by molar-refractivity contribution is 0.316. The van der Waals surface area contributed by atoms with Crippen molar-refractivity contribution in [1.29, 1.82) is 0 Å². The van der Waals surface area contributed by atoms with Gasteiger partial charge < -0.3 is 9.72 Å². The number of ether oxygens (including phenoxy) is 1. The van der Waals surface area contributed by atoms with E-state index < -0.39 is 0 Å². The average molecular weight is 188 g/mol. The van der Waals surface area contributed by atoms with Crippen LogP contribution in [0.15, 0.2) is 30.3 Å². The molecule has 0 unspecified atom stereocenters. The molecular formula is C11H10NO2. The van der Waals surface area contributed by atoms with Crippen molar-refractivity contribution in [3.8, 4) is 5.88 Å². The smallest absolute Gasteiger partial charge is 0.201 e. The molecule has 71 valence electrons. The number of aromatic nitrogens is 1. The van der Waals surface area contributed by atoms with Gasteiger partial charge >= 0.3 is 0 Å². The predicted molar refractivity (Wildman–Crippen MR) is 54.1 cm³/mol. The Bertz CT molecular complexity index is 401. The van der Waals surface area contributed by atoms with Crippen LogP contribution in [0.3, 0.4) is 0 Å². The van der Waals surface area contributed by atoms with E-state index in [0.717, 1.165) is 10.9 Å². The van der Waals surface area contributed by atoms with E-state index in [2.05, 4.69) is 4.98 Å². The van der Waals surface area contributed by atoms with Gasteiger partial charge in [-0.2, -0.15) is 0 Å². The summed E-state index contributed by atoms with van der Waals surface area (Å²) in [5.41, 5.74) is 1.04. The van der Waals surface area contributed by atoms with Crippen molar-refractivity contribution in [1.82, 2.24) is 4.98 Å². The van der Waals surface area contributed by atoms with E-state index in [0.29, 0.717) is 18.9 Å². The molecule has 1 aromatic carbocycles. The zero-order valence-corrected chi connectivity index (χ0v) is 7.62. The largest absolute Gasteiger partial charge is 0.478 e. The number of hydrogen-bond acceptors (Lipinski definition) is 2. The van der Waals surface area contributed by atoms with Gasteiger partial charge in [0.25, 0.3) is 0 Å². The van der Waals surface area contributed by atoms with E-state index in [-0.39, 0.29) is 0 Å². The van der Waals surface area contributed by atoms with E-state index in [1.54, 1.807) is 6.29 Å². The summed E-state index contributed by atoms with van der Waals surface area (Å²) in [5.74, 6) is 0.696. The zero-order chi connectivity index (χ0) is 9.80. The molecule has 2 aromatic rings. The summed E-state index contributed by atoms with van der Waals surface area (Å²) in [5, 5.41) is 1.11. The van der Waals surface area contributed by atoms with Crippen LogP contribution in [0.4, 0.5) is 0 Å². The van der Waals surface area contributed by atoms with E-state index in [1.165, 1.54) is 0 Å². The van der Waals surface area contributed by atoms with Gasteiger partial charge in [0.2, 0.25) is 6.29 Å². The molecule has 0 aliphatic carbocycles. The Morgan fingerprint density at radius 1 is 1.36 bits per heavy atom. The van der Waals surface area contributed by atoms with Crippen molar-refractivity contribution < 1.29 is 9.53 Å². The number of fused-ring (bicyclic) bond motifs is 1. The van der Waals surface area contributed by atoms with Crippen molar-refractivity contribution in [2.75, 3.05) is 6.61 Å². The maximum atomic E-state index is 9.95. The first-order chi connectivity index (χ1) is 6.90. The van der Waals surface area contributed by atoms with Crippen molar-refractivity contribution in [3.63, 3.8) is 0 Å². The molecule has 3 heteroatoms. The number of rotatable bonds is 4. The molecule has 0 amide bonds. The normalized spacial score (nSPS) is 10.3. The molecule has 3 nitrogen and oxygen atoms in total. The van der Waals surface area contributed by atoms with Crippen molar-refractivity contribution >= 4 is 17.2 Å². The first-order valence-corrected chi connectivity index (χ1v) is 4.46. The standard InChI is InChI=1S/C11H10NO2/c13-6-3-7-14-11-8-9-4-1-2-5-10(9)12-11/h1-2,4-5,8,12H,3,7H2. The SMILES string of the molecule is O=[C]CCOc1cc2ccccc2[nH]1. The molecule has 0 aliphatic heterocycles. The highest BCUT2D eigenvalue weighted by molar-refractivity contribution is 5.81. The van der Waals surface area contributed by atoms with E-state index in [9.17, 15) is 4.79 Å². The molecular weight excluding hydrogens is 178 g/mol. The van der Waals surface area contributed by atoms with Crippen LogP contribution in [0.2, 0.25) is 0 Å². The number of aromatic amines is 1. The summed E-state index contributed by atoms with van der Waals surface area (Å²) in [7, 11) is 0. The van der Waals surface area contributed by atoms with Crippen LogP contribution < -0.4 is 4.74 Å². The molecule has 1 N–H and O–H groups in total. The summed E-state index contributed by atoms with van der Waals surface area (Å²) >= 11 is 0. The summed E-state index contributed by atoms with van der Waals surface area (Å²) in [4.78, 5) is 13.1.